The molecule has 1 aromatic heterocycles. The first kappa shape index (κ1) is 23.1. The van der Waals surface area contributed by atoms with Crippen molar-refractivity contribution in [3.63, 3.8) is 0 Å². The van der Waals surface area contributed by atoms with E-state index >= 15 is 0 Å². The second-order valence-corrected chi connectivity index (χ2v) is 8.63. The summed E-state index contributed by atoms with van der Waals surface area (Å²) in [6.07, 6.45) is 2.38. The minimum absolute atomic E-state index is 0.0588. The molecule has 0 aliphatic carbocycles. The van der Waals surface area contributed by atoms with E-state index in [1.54, 1.807) is 24.3 Å². The molecule has 170 valence electrons. The van der Waals surface area contributed by atoms with Crippen LogP contribution in [0.25, 0.3) is 16.6 Å². The van der Waals surface area contributed by atoms with Crippen LogP contribution in [0.5, 0.6) is 0 Å². The van der Waals surface area contributed by atoms with Crippen LogP contribution >= 0.6 is 11.6 Å². The van der Waals surface area contributed by atoms with Crippen LogP contribution in [0.1, 0.15) is 34.0 Å². The molecule has 0 aliphatic heterocycles. The van der Waals surface area contributed by atoms with E-state index < -0.39 is 5.97 Å². The number of hydrogen-bond acceptors (Lipinski definition) is 3. The molecular weight excluding hydrogens is 450 g/mol. The lowest BCUT2D eigenvalue weighted by molar-refractivity contribution is -0.136. The van der Waals surface area contributed by atoms with Crippen molar-refractivity contribution in [2.45, 2.75) is 25.8 Å². The highest BCUT2D eigenvalue weighted by molar-refractivity contribution is 6.30. The van der Waals surface area contributed by atoms with Crippen molar-refractivity contribution >= 4 is 34.4 Å². The van der Waals surface area contributed by atoms with Crippen LogP contribution in [0.3, 0.4) is 0 Å². The second-order valence-electron chi connectivity index (χ2n) is 8.20. The maximum atomic E-state index is 12.8. The van der Waals surface area contributed by atoms with Gasteiger partial charge in [0.25, 0.3) is 5.91 Å². The Kier molecular flexibility index (Phi) is 6.67. The van der Waals surface area contributed by atoms with Gasteiger partial charge in [0.05, 0.1) is 23.2 Å². The molecule has 0 bridgehead atoms. The number of rotatable bonds is 7. The quantitative estimate of drug-likeness (QED) is 0.390. The number of carbonyl (C=O) groups excluding carboxylic acids is 1. The number of hydrogen-bond donors (Lipinski definition) is 2. The van der Waals surface area contributed by atoms with Gasteiger partial charge in [0.1, 0.15) is 6.07 Å². The normalized spacial score (nSPS) is 11.7. The van der Waals surface area contributed by atoms with Crippen LogP contribution in [0.2, 0.25) is 5.02 Å². The fraction of sp³-hybridized carbons (Fsp3) is 0.148. The van der Waals surface area contributed by atoms with Gasteiger partial charge in [0.2, 0.25) is 0 Å². The summed E-state index contributed by atoms with van der Waals surface area (Å²) in [5.41, 5.74) is 4.08. The number of aliphatic carboxylic acids is 1. The molecule has 0 fully saturated rings. The van der Waals surface area contributed by atoms with Crippen LogP contribution in [0.15, 0.2) is 72.9 Å². The molecule has 1 amide bonds. The first-order valence-electron chi connectivity index (χ1n) is 10.8. The number of carbonyl (C=O) groups is 2. The predicted molar refractivity (Wildman–Crippen MR) is 131 cm³/mol. The van der Waals surface area contributed by atoms with E-state index in [9.17, 15) is 14.9 Å². The molecule has 4 aromatic rings. The number of halogens is 1. The molecule has 3 aromatic carbocycles. The fourth-order valence-electron chi connectivity index (χ4n) is 3.99. The standard InChI is InChI=1S/C27H22ClN3O3/c1-17(12-18-2-6-23(28)7-3-18)30-27(34)21-5-9-24-20(15-21)10-11-31(24)25-8-4-19(14-26(32)33)13-22(25)16-29/h2-11,13,15,17H,12,14H2,1H3,(H,30,34)(H,32,33). The maximum absolute atomic E-state index is 12.8. The van der Waals surface area contributed by atoms with E-state index in [0.717, 1.165) is 16.5 Å². The highest BCUT2D eigenvalue weighted by atomic mass is 35.5. The summed E-state index contributed by atoms with van der Waals surface area (Å²) < 4.78 is 1.86. The van der Waals surface area contributed by atoms with Crippen LogP contribution in [-0.4, -0.2) is 27.6 Å². The Balaban J connectivity index is 1.54. The largest absolute Gasteiger partial charge is 0.481 e. The monoisotopic (exact) mass is 471 g/mol. The third-order valence-electron chi connectivity index (χ3n) is 5.58. The zero-order valence-corrected chi connectivity index (χ0v) is 19.2. The molecule has 1 heterocycles. The number of fused-ring (bicyclic) bond motifs is 1. The van der Waals surface area contributed by atoms with E-state index in [2.05, 4.69) is 11.4 Å². The summed E-state index contributed by atoms with van der Waals surface area (Å²) in [5.74, 6) is -1.11. The van der Waals surface area contributed by atoms with Gasteiger partial charge < -0.3 is 15.0 Å². The summed E-state index contributed by atoms with van der Waals surface area (Å²) >= 11 is 5.93. The lowest BCUT2D eigenvalue weighted by Gasteiger charge is -2.14. The predicted octanol–water partition coefficient (Wildman–Crippen LogP) is 5.14. The molecule has 0 spiro atoms. The average Bonchev–Trinajstić information content (AvgIpc) is 3.23. The Morgan fingerprint density at radius 3 is 2.50 bits per heavy atom. The van der Waals surface area contributed by atoms with Crippen LogP contribution < -0.4 is 5.32 Å². The Hall–Kier alpha value is -4.08. The molecule has 0 radical (unpaired) electrons. The van der Waals surface area contributed by atoms with E-state index in [0.29, 0.717) is 33.8 Å². The first-order valence-corrected chi connectivity index (χ1v) is 11.1. The molecule has 0 saturated heterocycles. The second kappa shape index (κ2) is 9.82. The molecule has 0 aliphatic rings. The zero-order valence-electron chi connectivity index (χ0n) is 18.5. The van der Waals surface area contributed by atoms with Gasteiger partial charge >= 0.3 is 5.97 Å². The van der Waals surface area contributed by atoms with Gasteiger partial charge in [0, 0.05) is 28.2 Å². The molecule has 2 N–H and O–H groups in total. The van der Waals surface area contributed by atoms with Crippen LogP contribution in [-0.2, 0) is 17.6 Å². The Morgan fingerprint density at radius 2 is 1.79 bits per heavy atom. The van der Waals surface area contributed by atoms with E-state index in [1.165, 1.54) is 0 Å². The third kappa shape index (κ3) is 5.11. The summed E-state index contributed by atoms with van der Waals surface area (Å²) in [6, 6.07) is 22.0. The van der Waals surface area contributed by atoms with Crippen LogP contribution in [0, 0.1) is 11.3 Å². The number of nitrogens with zero attached hydrogens (tertiary/aromatic N) is 2. The van der Waals surface area contributed by atoms with Gasteiger partial charge in [-0.05, 0) is 73.0 Å². The average molecular weight is 472 g/mol. The van der Waals surface area contributed by atoms with Crippen molar-refractivity contribution in [1.29, 1.82) is 5.26 Å². The molecule has 34 heavy (non-hydrogen) atoms. The third-order valence-corrected chi connectivity index (χ3v) is 5.83. The van der Waals surface area contributed by atoms with Crippen molar-refractivity contribution < 1.29 is 14.7 Å². The van der Waals surface area contributed by atoms with Crippen molar-refractivity contribution in [3.8, 4) is 11.8 Å². The van der Waals surface area contributed by atoms with Gasteiger partial charge in [-0.1, -0.05) is 29.8 Å². The van der Waals surface area contributed by atoms with Crippen molar-refractivity contribution in [2.75, 3.05) is 0 Å². The number of benzene rings is 3. The highest BCUT2D eigenvalue weighted by Gasteiger charge is 2.14. The summed E-state index contributed by atoms with van der Waals surface area (Å²) in [4.78, 5) is 23.8. The topological polar surface area (TPSA) is 95.1 Å². The number of amides is 1. The van der Waals surface area contributed by atoms with E-state index in [-0.39, 0.29) is 18.4 Å². The van der Waals surface area contributed by atoms with Crippen LogP contribution in [0.4, 0.5) is 0 Å². The molecule has 4 rings (SSSR count). The number of aromatic nitrogens is 1. The molecular formula is C27H22ClN3O3. The number of carboxylic acid groups (broad SMARTS) is 1. The van der Waals surface area contributed by atoms with Gasteiger partial charge in [-0.3, -0.25) is 9.59 Å². The molecule has 7 heteroatoms. The molecule has 6 nitrogen and oxygen atoms in total. The van der Waals surface area contributed by atoms with Gasteiger partial charge in [-0.15, -0.1) is 0 Å². The minimum atomic E-state index is -0.948. The SMILES string of the molecule is CC(Cc1ccc(Cl)cc1)NC(=O)c1ccc2c(ccn2-c2ccc(CC(=O)O)cc2C#N)c1. The summed E-state index contributed by atoms with van der Waals surface area (Å²) in [7, 11) is 0. The van der Waals surface area contributed by atoms with Crippen molar-refractivity contribution in [3.05, 3.63) is 100 Å². The van der Waals surface area contributed by atoms with Crippen molar-refractivity contribution in [1.82, 2.24) is 9.88 Å². The molecule has 1 unspecified atom stereocenters. The van der Waals surface area contributed by atoms with Gasteiger partial charge in [0.15, 0.2) is 0 Å². The Labute approximate surface area is 202 Å². The lowest BCUT2D eigenvalue weighted by Crippen LogP contribution is -2.34. The van der Waals surface area contributed by atoms with Gasteiger partial charge in [-0.25, -0.2) is 0 Å². The summed E-state index contributed by atoms with van der Waals surface area (Å²) in [5, 5.41) is 23.2. The summed E-state index contributed by atoms with van der Waals surface area (Å²) in [6.45, 7) is 1.96. The number of nitriles is 1. The number of carboxylic acids is 1. The minimum Gasteiger partial charge on any atom is -0.481 e. The fourth-order valence-corrected chi connectivity index (χ4v) is 4.12. The van der Waals surface area contributed by atoms with E-state index in [4.69, 9.17) is 16.7 Å². The van der Waals surface area contributed by atoms with Crippen molar-refractivity contribution in [2.24, 2.45) is 0 Å². The zero-order chi connectivity index (χ0) is 24.2. The Morgan fingerprint density at radius 1 is 1.06 bits per heavy atom. The smallest absolute Gasteiger partial charge is 0.307 e. The highest BCUT2D eigenvalue weighted by Crippen LogP contribution is 2.25. The molecule has 1 atom stereocenters. The van der Waals surface area contributed by atoms with Gasteiger partial charge in [-0.2, -0.15) is 5.26 Å². The number of nitrogens with one attached hydrogen (secondary N) is 1. The molecule has 0 saturated carbocycles. The maximum Gasteiger partial charge on any atom is 0.307 e. The van der Waals surface area contributed by atoms with E-state index in [1.807, 2.05) is 60.2 Å². The Bertz CT molecular complexity index is 1420. The first-order chi connectivity index (χ1) is 16.3. The lowest BCUT2D eigenvalue weighted by atomic mass is 10.1.